The number of fused-ring (bicyclic) bond motifs is 1. The summed E-state index contributed by atoms with van der Waals surface area (Å²) in [5.41, 5.74) is 1.01. The summed E-state index contributed by atoms with van der Waals surface area (Å²) in [5.74, 6) is -0.0710. The van der Waals surface area contributed by atoms with E-state index in [1.807, 2.05) is 45.0 Å². The molecule has 0 radical (unpaired) electrons. The van der Waals surface area contributed by atoms with E-state index in [4.69, 9.17) is 4.74 Å². The Morgan fingerprint density at radius 1 is 1.10 bits per heavy atom. The van der Waals surface area contributed by atoms with Gasteiger partial charge in [0, 0.05) is 44.3 Å². The number of nitrogens with one attached hydrogen (secondary N) is 1. The second kappa shape index (κ2) is 9.22. The molecule has 2 aromatic rings. The summed E-state index contributed by atoms with van der Waals surface area (Å²) >= 11 is 0. The highest BCUT2D eigenvalue weighted by molar-refractivity contribution is 6.05. The zero-order valence-corrected chi connectivity index (χ0v) is 17.5. The fourth-order valence-electron chi connectivity index (χ4n) is 3.37. The van der Waals surface area contributed by atoms with Crippen LogP contribution in [0.5, 0.6) is 0 Å². The lowest BCUT2D eigenvalue weighted by Gasteiger charge is -2.35. The number of nitrogens with zero attached hydrogens (tertiary/aromatic N) is 3. The van der Waals surface area contributed by atoms with Gasteiger partial charge in [0.1, 0.15) is 5.60 Å². The lowest BCUT2D eigenvalue weighted by atomic mass is 10.1. The number of aromatic nitrogens is 1. The monoisotopic (exact) mass is 398 g/mol. The minimum Gasteiger partial charge on any atom is -0.444 e. The van der Waals surface area contributed by atoms with E-state index in [0.29, 0.717) is 25.2 Å². The van der Waals surface area contributed by atoms with E-state index >= 15 is 0 Å². The molecule has 7 nitrogen and oxygen atoms in total. The zero-order chi connectivity index (χ0) is 20.9. The van der Waals surface area contributed by atoms with Gasteiger partial charge in [0.25, 0.3) is 5.91 Å². The SMILES string of the molecule is CC(C)(C)OC(=O)N1CCN(CCCNC(=O)c2ccnc3ccccc23)CC1. The second-order valence-electron chi connectivity index (χ2n) is 8.29. The van der Waals surface area contributed by atoms with Gasteiger partial charge in [-0.15, -0.1) is 0 Å². The van der Waals surface area contributed by atoms with Crippen molar-refractivity contribution >= 4 is 22.9 Å². The number of pyridine rings is 1. The number of carbonyl (C=O) groups excluding carboxylic acids is 2. The van der Waals surface area contributed by atoms with Crippen molar-refractivity contribution in [3.63, 3.8) is 0 Å². The van der Waals surface area contributed by atoms with Crippen LogP contribution in [0.25, 0.3) is 10.9 Å². The fourth-order valence-corrected chi connectivity index (χ4v) is 3.37. The van der Waals surface area contributed by atoms with Gasteiger partial charge in [0.15, 0.2) is 0 Å². The molecule has 1 aliphatic heterocycles. The van der Waals surface area contributed by atoms with Crippen LogP contribution in [0.1, 0.15) is 37.6 Å². The summed E-state index contributed by atoms with van der Waals surface area (Å²) in [4.78, 5) is 33.0. The number of para-hydroxylation sites is 1. The number of piperazine rings is 1. The van der Waals surface area contributed by atoms with Gasteiger partial charge in [0.2, 0.25) is 0 Å². The molecule has 0 unspecified atom stereocenters. The molecule has 2 amide bonds. The van der Waals surface area contributed by atoms with Crippen LogP contribution < -0.4 is 5.32 Å². The van der Waals surface area contributed by atoms with Gasteiger partial charge in [0.05, 0.1) is 11.1 Å². The van der Waals surface area contributed by atoms with Crippen molar-refractivity contribution in [1.82, 2.24) is 20.1 Å². The molecule has 3 rings (SSSR count). The Kier molecular flexibility index (Phi) is 6.69. The van der Waals surface area contributed by atoms with Crippen LogP contribution in [0, 0.1) is 0 Å². The van der Waals surface area contributed by atoms with Crippen LogP contribution in [0.4, 0.5) is 4.79 Å². The summed E-state index contributed by atoms with van der Waals surface area (Å²) in [6, 6.07) is 9.41. The van der Waals surface area contributed by atoms with Gasteiger partial charge < -0.3 is 15.0 Å². The Bertz CT molecular complexity index is 849. The van der Waals surface area contributed by atoms with Crippen molar-refractivity contribution in [1.29, 1.82) is 0 Å². The first kappa shape index (κ1) is 21.0. The predicted octanol–water partition coefficient (Wildman–Crippen LogP) is 2.91. The van der Waals surface area contributed by atoms with Gasteiger partial charge in [-0.2, -0.15) is 0 Å². The van der Waals surface area contributed by atoms with Gasteiger partial charge in [-0.25, -0.2) is 4.79 Å². The highest BCUT2D eigenvalue weighted by Crippen LogP contribution is 2.16. The van der Waals surface area contributed by atoms with Crippen molar-refractivity contribution in [2.75, 3.05) is 39.3 Å². The highest BCUT2D eigenvalue weighted by Gasteiger charge is 2.25. The first-order chi connectivity index (χ1) is 13.8. The van der Waals surface area contributed by atoms with E-state index in [-0.39, 0.29) is 12.0 Å². The molecule has 0 bridgehead atoms. The third kappa shape index (κ3) is 5.90. The lowest BCUT2D eigenvalue weighted by Crippen LogP contribution is -2.50. The first-order valence-electron chi connectivity index (χ1n) is 10.2. The first-order valence-corrected chi connectivity index (χ1v) is 10.2. The Labute approximate surface area is 172 Å². The van der Waals surface area contributed by atoms with Crippen molar-refractivity contribution in [2.45, 2.75) is 32.8 Å². The number of hydrogen-bond donors (Lipinski definition) is 1. The number of rotatable bonds is 5. The molecule has 29 heavy (non-hydrogen) atoms. The van der Waals surface area contributed by atoms with Crippen molar-refractivity contribution in [2.24, 2.45) is 0 Å². The Hall–Kier alpha value is -2.67. The standard InChI is InChI=1S/C22H30N4O3/c1-22(2,3)29-21(28)26-15-13-25(14-16-26)12-6-10-24-20(27)18-9-11-23-19-8-5-4-7-17(18)19/h4-5,7-9,11H,6,10,12-16H2,1-3H3,(H,24,27). The van der Waals surface area contributed by atoms with Crippen LogP contribution in [-0.4, -0.2) is 71.7 Å². The van der Waals surface area contributed by atoms with E-state index in [1.165, 1.54) is 0 Å². The third-order valence-electron chi connectivity index (χ3n) is 4.85. The second-order valence-corrected chi connectivity index (χ2v) is 8.29. The quantitative estimate of drug-likeness (QED) is 0.784. The van der Waals surface area contributed by atoms with E-state index in [2.05, 4.69) is 15.2 Å². The van der Waals surface area contributed by atoms with E-state index in [0.717, 1.165) is 37.0 Å². The minimum absolute atomic E-state index is 0.0710. The van der Waals surface area contributed by atoms with Crippen LogP contribution in [0.2, 0.25) is 0 Å². The molecule has 7 heteroatoms. The predicted molar refractivity (Wildman–Crippen MR) is 113 cm³/mol. The Morgan fingerprint density at radius 3 is 2.55 bits per heavy atom. The van der Waals surface area contributed by atoms with Crippen LogP contribution in [0.15, 0.2) is 36.5 Å². The largest absolute Gasteiger partial charge is 0.444 e. The molecule has 2 heterocycles. The van der Waals surface area contributed by atoms with Crippen molar-refractivity contribution < 1.29 is 14.3 Å². The lowest BCUT2D eigenvalue weighted by molar-refractivity contribution is 0.0144. The summed E-state index contributed by atoms with van der Waals surface area (Å²) in [6.07, 6.45) is 2.29. The van der Waals surface area contributed by atoms with Gasteiger partial charge in [-0.1, -0.05) is 18.2 Å². The van der Waals surface area contributed by atoms with Crippen molar-refractivity contribution in [3.8, 4) is 0 Å². The molecular weight excluding hydrogens is 368 g/mol. The minimum atomic E-state index is -0.466. The normalized spacial score (nSPS) is 15.3. The highest BCUT2D eigenvalue weighted by atomic mass is 16.6. The summed E-state index contributed by atoms with van der Waals surface area (Å²) < 4.78 is 5.43. The molecular formula is C22H30N4O3. The molecule has 1 aromatic heterocycles. The third-order valence-corrected chi connectivity index (χ3v) is 4.85. The average molecular weight is 399 g/mol. The average Bonchev–Trinajstić information content (AvgIpc) is 2.70. The van der Waals surface area contributed by atoms with Crippen LogP contribution in [0.3, 0.4) is 0 Å². The molecule has 0 aliphatic carbocycles. The summed E-state index contributed by atoms with van der Waals surface area (Å²) in [6.45, 7) is 10.1. The molecule has 1 aliphatic rings. The molecule has 156 valence electrons. The molecule has 1 saturated heterocycles. The molecule has 0 saturated carbocycles. The van der Waals surface area contributed by atoms with Crippen LogP contribution in [-0.2, 0) is 4.74 Å². The van der Waals surface area contributed by atoms with Gasteiger partial charge in [-0.05, 0) is 45.9 Å². The number of ether oxygens (including phenoxy) is 1. The number of amides is 2. The molecule has 1 aromatic carbocycles. The fraction of sp³-hybridized carbons (Fsp3) is 0.500. The van der Waals surface area contributed by atoms with E-state index < -0.39 is 5.60 Å². The van der Waals surface area contributed by atoms with E-state index in [1.54, 1.807) is 17.2 Å². The zero-order valence-electron chi connectivity index (χ0n) is 17.5. The van der Waals surface area contributed by atoms with E-state index in [9.17, 15) is 9.59 Å². The smallest absolute Gasteiger partial charge is 0.410 e. The number of hydrogen-bond acceptors (Lipinski definition) is 5. The summed E-state index contributed by atoms with van der Waals surface area (Å²) in [7, 11) is 0. The summed E-state index contributed by atoms with van der Waals surface area (Å²) in [5, 5.41) is 3.87. The molecule has 1 fully saturated rings. The maximum Gasteiger partial charge on any atom is 0.410 e. The van der Waals surface area contributed by atoms with Gasteiger partial charge in [-0.3, -0.25) is 14.7 Å². The Morgan fingerprint density at radius 2 is 1.83 bits per heavy atom. The maximum absolute atomic E-state index is 12.5. The van der Waals surface area contributed by atoms with Gasteiger partial charge >= 0.3 is 6.09 Å². The molecule has 0 spiro atoms. The molecule has 1 N–H and O–H groups in total. The Balaban J connectivity index is 1.39. The number of benzene rings is 1. The number of carbonyl (C=O) groups is 2. The van der Waals surface area contributed by atoms with Crippen molar-refractivity contribution in [3.05, 3.63) is 42.1 Å². The van der Waals surface area contributed by atoms with Crippen LogP contribution >= 0.6 is 0 Å². The topological polar surface area (TPSA) is 74.8 Å². The maximum atomic E-state index is 12.5. The molecule has 0 atom stereocenters.